The van der Waals surface area contributed by atoms with Crippen molar-refractivity contribution in [2.24, 2.45) is 23.5 Å². The first-order chi connectivity index (χ1) is 9.99. The summed E-state index contributed by atoms with van der Waals surface area (Å²) in [5, 5.41) is 0. The molecule has 0 aromatic rings. The smallest absolute Gasteiger partial charge is 0.225 e. The molecule has 3 nitrogen and oxygen atoms in total. The maximum absolute atomic E-state index is 12.6. The van der Waals surface area contributed by atoms with Crippen LogP contribution in [0, 0.1) is 17.8 Å². The third-order valence-corrected chi connectivity index (χ3v) is 5.24. The van der Waals surface area contributed by atoms with Crippen LogP contribution in [0.4, 0.5) is 0 Å². The molecule has 1 unspecified atom stereocenters. The molecule has 21 heavy (non-hydrogen) atoms. The van der Waals surface area contributed by atoms with Crippen LogP contribution in [-0.4, -0.2) is 28.9 Å². The van der Waals surface area contributed by atoms with Crippen molar-refractivity contribution in [3.05, 3.63) is 0 Å². The molecule has 0 bridgehead atoms. The van der Waals surface area contributed by atoms with Crippen LogP contribution in [0.25, 0.3) is 0 Å². The van der Waals surface area contributed by atoms with Crippen LogP contribution >= 0.6 is 12.2 Å². The van der Waals surface area contributed by atoms with Crippen LogP contribution in [0.2, 0.25) is 0 Å². The fourth-order valence-electron chi connectivity index (χ4n) is 3.24. The van der Waals surface area contributed by atoms with Gasteiger partial charge in [0, 0.05) is 24.9 Å². The molecular formula is C17H32N2OS. The predicted octanol–water partition coefficient (Wildman–Crippen LogP) is 3.75. The van der Waals surface area contributed by atoms with Crippen LogP contribution in [0.3, 0.4) is 0 Å². The highest BCUT2D eigenvalue weighted by molar-refractivity contribution is 7.80. The molecule has 0 radical (unpaired) electrons. The minimum absolute atomic E-state index is 0.102. The van der Waals surface area contributed by atoms with Crippen LogP contribution in [-0.2, 0) is 4.79 Å². The average molecular weight is 313 g/mol. The standard InChI is InChI=1S/C17H32N2OS/c1-4-6-7-14-8-10-15(11-9-14)17(20)19(5-2)12-13(3)16(18)21/h13-15H,4-12H2,1-3H3,(H2,18,21). The fourth-order valence-corrected chi connectivity index (χ4v) is 3.32. The van der Waals surface area contributed by atoms with Crippen LogP contribution in [0.15, 0.2) is 0 Å². The third-order valence-electron chi connectivity index (χ3n) is 4.84. The number of carbonyl (C=O) groups excluding carboxylic acids is 1. The van der Waals surface area contributed by atoms with Gasteiger partial charge in [0.15, 0.2) is 0 Å². The Morgan fingerprint density at radius 3 is 2.38 bits per heavy atom. The molecule has 1 aliphatic carbocycles. The van der Waals surface area contributed by atoms with Crippen molar-refractivity contribution < 1.29 is 4.79 Å². The maximum atomic E-state index is 12.6. The maximum Gasteiger partial charge on any atom is 0.225 e. The Balaban J connectivity index is 2.45. The van der Waals surface area contributed by atoms with E-state index < -0.39 is 0 Å². The van der Waals surface area contributed by atoms with E-state index in [2.05, 4.69) is 6.92 Å². The molecule has 1 aliphatic rings. The lowest BCUT2D eigenvalue weighted by molar-refractivity contribution is -0.137. The number of carbonyl (C=O) groups is 1. The Morgan fingerprint density at radius 1 is 1.29 bits per heavy atom. The predicted molar refractivity (Wildman–Crippen MR) is 93.2 cm³/mol. The number of rotatable bonds is 8. The van der Waals surface area contributed by atoms with Gasteiger partial charge >= 0.3 is 0 Å². The van der Waals surface area contributed by atoms with Crippen LogP contribution in [0.5, 0.6) is 0 Å². The largest absolute Gasteiger partial charge is 0.393 e. The number of hydrogen-bond donors (Lipinski definition) is 1. The van der Waals surface area contributed by atoms with Gasteiger partial charge in [0.05, 0.1) is 4.99 Å². The second-order valence-electron chi connectivity index (χ2n) is 6.54. The summed E-state index contributed by atoms with van der Waals surface area (Å²) in [5.41, 5.74) is 5.68. The molecule has 0 aromatic carbocycles. The quantitative estimate of drug-likeness (QED) is 0.694. The minimum atomic E-state index is 0.102. The summed E-state index contributed by atoms with van der Waals surface area (Å²) in [6.45, 7) is 7.70. The molecule has 0 aromatic heterocycles. The molecule has 1 rings (SSSR count). The second kappa shape index (κ2) is 9.39. The second-order valence-corrected chi connectivity index (χ2v) is 7.01. The lowest BCUT2D eigenvalue weighted by atomic mass is 9.79. The van der Waals surface area contributed by atoms with Gasteiger partial charge in [0.2, 0.25) is 5.91 Å². The Bertz CT molecular complexity index is 338. The molecule has 2 N–H and O–H groups in total. The van der Waals surface area contributed by atoms with E-state index in [1.54, 1.807) is 0 Å². The molecule has 0 spiro atoms. The van der Waals surface area contributed by atoms with Crippen molar-refractivity contribution in [2.75, 3.05) is 13.1 Å². The van der Waals surface area contributed by atoms with Crippen molar-refractivity contribution >= 4 is 23.1 Å². The highest BCUT2D eigenvalue weighted by atomic mass is 32.1. The summed E-state index contributed by atoms with van der Waals surface area (Å²) in [7, 11) is 0. The van der Waals surface area contributed by atoms with Crippen molar-refractivity contribution in [2.45, 2.75) is 65.7 Å². The number of amides is 1. The number of hydrogen-bond acceptors (Lipinski definition) is 2. The average Bonchev–Trinajstić information content (AvgIpc) is 2.50. The number of unbranched alkanes of at least 4 members (excludes halogenated alkanes) is 1. The van der Waals surface area contributed by atoms with E-state index in [1.165, 1.54) is 32.1 Å². The summed E-state index contributed by atoms with van der Waals surface area (Å²) in [6, 6.07) is 0. The van der Waals surface area contributed by atoms with Gasteiger partial charge in [-0.3, -0.25) is 4.79 Å². The van der Waals surface area contributed by atoms with Gasteiger partial charge in [-0.15, -0.1) is 0 Å². The summed E-state index contributed by atoms with van der Waals surface area (Å²) in [6.07, 6.45) is 8.51. The first-order valence-corrected chi connectivity index (χ1v) is 8.98. The summed E-state index contributed by atoms with van der Waals surface area (Å²) >= 11 is 5.02. The Hall–Kier alpha value is -0.640. The topological polar surface area (TPSA) is 46.3 Å². The summed E-state index contributed by atoms with van der Waals surface area (Å²) < 4.78 is 0. The molecule has 4 heteroatoms. The van der Waals surface area contributed by atoms with E-state index >= 15 is 0 Å². The zero-order valence-corrected chi connectivity index (χ0v) is 14.8. The van der Waals surface area contributed by atoms with Crippen LogP contribution in [0.1, 0.15) is 65.7 Å². The van der Waals surface area contributed by atoms with Gasteiger partial charge in [-0.05, 0) is 38.5 Å². The lowest BCUT2D eigenvalue weighted by Gasteiger charge is -2.32. The van der Waals surface area contributed by atoms with Crippen molar-refractivity contribution in [1.82, 2.24) is 4.90 Å². The first kappa shape index (κ1) is 18.4. The van der Waals surface area contributed by atoms with Gasteiger partial charge in [-0.2, -0.15) is 0 Å². The Kier molecular flexibility index (Phi) is 8.23. The zero-order valence-electron chi connectivity index (χ0n) is 13.9. The van der Waals surface area contributed by atoms with Crippen molar-refractivity contribution in [3.63, 3.8) is 0 Å². The molecule has 1 saturated carbocycles. The van der Waals surface area contributed by atoms with Gasteiger partial charge in [0.1, 0.15) is 0 Å². The van der Waals surface area contributed by atoms with Gasteiger partial charge in [0.25, 0.3) is 0 Å². The molecule has 0 saturated heterocycles. The molecule has 122 valence electrons. The Labute approximate surface area is 135 Å². The minimum Gasteiger partial charge on any atom is -0.393 e. The zero-order chi connectivity index (χ0) is 15.8. The molecule has 0 heterocycles. The highest BCUT2D eigenvalue weighted by Crippen LogP contribution is 2.33. The SMILES string of the molecule is CCCCC1CCC(C(=O)N(CC)CC(C)C(N)=S)CC1. The molecule has 1 fully saturated rings. The molecular weight excluding hydrogens is 280 g/mol. The van der Waals surface area contributed by atoms with E-state index in [4.69, 9.17) is 18.0 Å². The van der Waals surface area contributed by atoms with E-state index in [0.29, 0.717) is 17.4 Å². The molecule has 0 aliphatic heterocycles. The third kappa shape index (κ3) is 5.93. The number of nitrogens with two attached hydrogens (primary N) is 1. The van der Waals surface area contributed by atoms with Gasteiger partial charge in [-0.25, -0.2) is 0 Å². The highest BCUT2D eigenvalue weighted by Gasteiger charge is 2.29. The normalized spacial score (nSPS) is 23.6. The van der Waals surface area contributed by atoms with Crippen molar-refractivity contribution in [3.8, 4) is 0 Å². The number of thiocarbonyl (C=S) groups is 1. The van der Waals surface area contributed by atoms with E-state index in [1.807, 2.05) is 18.7 Å². The first-order valence-electron chi connectivity index (χ1n) is 8.57. The lowest BCUT2D eigenvalue weighted by Crippen LogP contribution is -2.42. The molecule has 1 amide bonds. The Morgan fingerprint density at radius 2 is 1.90 bits per heavy atom. The van der Waals surface area contributed by atoms with E-state index in [9.17, 15) is 4.79 Å². The monoisotopic (exact) mass is 312 g/mol. The van der Waals surface area contributed by atoms with Crippen molar-refractivity contribution in [1.29, 1.82) is 0 Å². The van der Waals surface area contributed by atoms with Crippen LogP contribution < -0.4 is 5.73 Å². The summed E-state index contributed by atoms with van der Waals surface area (Å²) in [4.78, 5) is 15.1. The number of nitrogens with zero attached hydrogens (tertiary/aromatic N) is 1. The molecule has 1 atom stereocenters. The van der Waals surface area contributed by atoms with E-state index in [-0.39, 0.29) is 11.8 Å². The fraction of sp³-hybridized carbons (Fsp3) is 0.882. The van der Waals surface area contributed by atoms with Gasteiger partial charge < -0.3 is 10.6 Å². The van der Waals surface area contributed by atoms with Gasteiger partial charge in [-0.1, -0.05) is 45.3 Å². The van der Waals surface area contributed by atoms with E-state index in [0.717, 1.165) is 25.3 Å². The summed E-state index contributed by atoms with van der Waals surface area (Å²) in [5.74, 6) is 1.49.